The van der Waals surface area contributed by atoms with Crippen molar-refractivity contribution in [3.8, 4) is 16.9 Å². The molecule has 0 unspecified atom stereocenters. The van der Waals surface area contributed by atoms with Gasteiger partial charge in [0.15, 0.2) is 12.4 Å². The Hall–Kier alpha value is -3.43. The molecular formula is C21H17ClN2O6S. The standard InChI is InChI=1S/C21H17ClN2O6S/c1-12-18(13-6-5-7-14(22)10-13)19(21(26)29-2)20(31-12)23-17(25)11-30-16-9-4-3-8-15(16)24(27)28/h3-10H,11H2,1-2H3,(H,23,25). The van der Waals surface area contributed by atoms with Crippen molar-refractivity contribution in [2.24, 2.45) is 0 Å². The van der Waals surface area contributed by atoms with Crippen molar-refractivity contribution in [1.82, 2.24) is 0 Å². The summed E-state index contributed by atoms with van der Waals surface area (Å²) in [5, 5.41) is 14.5. The van der Waals surface area contributed by atoms with Gasteiger partial charge in [-0.25, -0.2) is 4.79 Å². The van der Waals surface area contributed by atoms with Crippen LogP contribution in [0, 0.1) is 17.0 Å². The first-order chi connectivity index (χ1) is 14.8. The molecule has 3 aromatic rings. The lowest BCUT2D eigenvalue weighted by Gasteiger charge is -2.09. The van der Waals surface area contributed by atoms with E-state index in [0.717, 1.165) is 4.88 Å². The van der Waals surface area contributed by atoms with E-state index in [1.807, 2.05) is 6.92 Å². The molecule has 1 heterocycles. The van der Waals surface area contributed by atoms with Crippen molar-refractivity contribution in [1.29, 1.82) is 0 Å². The Labute approximate surface area is 186 Å². The summed E-state index contributed by atoms with van der Waals surface area (Å²) in [6.07, 6.45) is 0. The Morgan fingerprint density at radius 2 is 1.94 bits per heavy atom. The molecule has 0 aliphatic rings. The highest BCUT2D eigenvalue weighted by atomic mass is 35.5. The van der Waals surface area contributed by atoms with Crippen LogP contribution in [0.2, 0.25) is 5.02 Å². The number of nitro benzene ring substituents is 1. The van der Waals surface area contributed by atoms with E-state index in [9.17, 15) is 19.7 Å². The van der Waals surface area contributed by atoms with Crippen molar-refractivity contribution in [3.05, 3.63) is 74.1 Å². The molecule has 1 N–H and O–H groups in total. The van der Waals surface area contributed by atoms with Gasteiger partial charge in [0.25, 0.3) is 5.91 Å². The third-order valence-electron chi connectivity index (χ3n) is 4.26. The minimum absolute atomic E-state index is 0.0298. The summed E-state index contributed by atoms with van der Waals surface area (Å²) in [4.78, 5) is 36.2. The number of nitrogens with one attached hydrogen (secondary N) is 1. The van der Waals surface area contributed by atoms with Gasteiger partial charge in [-0.2, -0.15) is 0 Å². The summed E-state index contributed by atoms with van der Waals surface area (Å²) < 4.78 is 10.2. The molecule has 0 aliphatic heterocycles. The van der Waals surface area contributed by atoms with Gasteiger partial charge in [0.1, 0.15) is 10.6 Å². The summed E-state index contributed by atoms with van der Waals surface area (Å²) in [5.41, 5.74) is 1.26. The van der Waals surface area contributed by atoms with Crippen LogP contribution in [-0.2, 0) is 9.53 Å². The van der Waals surface area contributed by atoms with Gasteiger partial charge >= 0.3 is 11.7 Å². The van der Waals surface area contributed by atoms with Crippen LogP contribution in [-0.4, -0.2) is 30.5 Å². The van der Waals surface area contributed by atoms with E-state index in [1.54, 1.807) is 30.3 Å². The second kappa shape index (κ2) is 9.59. The number of ether oxygens (including phenoxy) is 2. The van der Waals surface area contributed by atoms with Crippen LogP contribution in [0.15, 0.2) is 48.5 Å². The number of esters is 1. The second-order valence-corrected chi connectivity index (χ2v) is 7.96. The number of amides is 1. The van der Waals surface area contributed by atoms with Gasteiger partial charge in [-0.1, -0.05) is 35.9 Å². The van der Waals surface area contributed by atoms with E-state index in [-0.39, 0.29) is 22.0 Å². The summed E-state index contributed by atoms with van der Waals surface area (Å²) >= 11 is 7.30. The molecule has 0 fully saturated rings. The van der Waals surface area contributed by atoms with Crippen LogP contribution in [0.25, 0.3) is 11.1 Å². The fourth-order valence-electron chi connectivity index (χ4n) is 2.96. The number of para-hydroxylation sites is 2. The highest BCUT2D eigenvalue weighted by molar-refractivity contribution is 7.17. The number of benzene rings is 2. The first-order valence-corrected chi connectivity index (χ1v) is 10.1. The van der Waals surface area contributed by atoms with Crippen molar-refractivity contribution in [2.75, 3.05) is 19.0 Å². The average Bonchev–Trinajstić information content (AvgIpc) is 3.07. The highest BCUT2D eigenvalue weighted by Crippen LogP contribution is 2.41. The minimum atomic E-state index is -0.616. The molecule has 0 bridgehead atoms. The van der Waals surface area contributed by atoms with E-state index in [2.05, 4.69) is 5.32 Å². The molecule has 31 heavy (non-hydrogen) atoms. The number of carbonyl (C=O) groups excluding carboxylic acids is 2. The predicted octanol–water partition coefficient (Wildman–Crippen LogP) is 5.09. The predicted molar refractivity (Wildman–Crippen MR) is 118 cm³/mol. The Balaban J connectivity index is 1.86. The van der Waals surface area contributed by atoms with E-state index in [0.29, 0.717) is 16.1 Å². The molecule has 0 saturated carbocycles. The van der Waals surface area contributed by atoms with Crippen LogP contribution in [0.1, 0.15) is 15.2 Å². The molecule has 0 spiro atoms. The number of nitrogens with zero attached hydrogens (tertiary/aromatic N) is 1. The minimum Gasteiger partial charge on any atom is -0.477 e. The Morgan fingerprint density at radius 3 is 2.61 bits per heavy atom. The summed E-state index contributed by atoms with van der Waals surface area (Å²) in [6, 6.07) is 12.7. The number of thiophene rings is 1. The smallest absolute Gasteiger partial charge is 0.341 e. The number of hydrogen-bond acceptors (Lipinski definition) is 7. The maximum atomic E-state index is 12.5. The number of aryl methyl sites for hydroxylation is 1. The fraction of sp³-hybridized carbons (Fsp3) is 0.143. The lowest BCUT2D eigenvalue weighted by atomic mass is 10.0. The molecule has 160 valence electrons. The van der Waals surface area contributed by atoms with E-state index < -0.39 is 23.4 Å². The fourth-order valence-corrected chi connectivity index (χ4v) is 4.23. The molecule has 0 aliphatic carbocycles. The number of carbonyl (C=O) groups is 2. The molecule has 10 heteroatoms. The monoisotopic (exact) mass is 460 g/mol. The zero-order valence-corrected chi connectivity index (χ0v) is 18.1. The van der Waals surface area contributed by atoms with Crippen LogP contribution in [0.3, 0.4) is 0 Å². The number of anilines is 1. The van der Waals surface area contributed by atoms with Gasteiger partial charge in [0, 0.05) is 21.5 Å². The van der Waals surface area contributed by atoms with Crippen molar-refractivity contribution in [2.45, 2.75) is 6.92 Å². The zero-order chi connectivity index (χ0) is 22.5. The normalized spacial score (nSPS) is 10.4. The van der Waals surface area contributed by atoms with Crippen LogP contribution >= 0.6 is 22.9 Å². The molecule has 1 amide bonds. The third-order valence-corrected chi connectivity index (χ3v) is 5.52. The van der Waals surface area contributed by atoms with Crippen LogP contribution in [0.4, 0.5) is 10.7 Å². The van der Waals surface area contributed by atoms with E-state index in [1.165, 1.54) is 36.6 Å². The number of methoxy groups -OCH3 is 1. The number of hydrogen-bond donors (Lipinski definition) is 1. The molecule has 3 rings (SSSR count). The summed E-state index contributed by atoms with van der Waals surface area (Å²) in [5.74, 6) is -1.23. The lowest BCUT2D eigenvalue weighted by Crippen LogP contribution is -2.21. The van der Waals surface area contributed by atoms with Gasteiger partial charge in [-0.15, -0.1) is 11.3 Å². The lowest BCUT2D eigenvalue weighted by molar-refractivity contribution is -0.385. The molecular weight excluding hydrogens is 444 g/mol. The summed E-state index contributed by atoms with van der Waals surface area (Å²) in [7, 11) is 1.25. The molecule has 0 radical (unpaired) electrons. The van der Waals surface area contributed by atoms with Crippen molar-refractivity contribution < 1.29 is 24.0 Å². The Morgan fingerprint density at radius 1 is 1.19 bits per heavy atom. The maximum Gasteiger partial charge on any atom is 0.341 e. The third kappa shape index (κ3) is 5.01. The van der Waals surface area contributed by atoms with E-state index in [4.69, 9.17) is 21.1 Å². The van der Waals surface area contributed by atoms with Gasteiger partial charge in [-0.3, -0.25) is 14.9 Å². The van der Waals surface area contributed by atoms with Crippen molar-refractivity contribution >= 4 is 45.5 Å². The van der Waals surface area contributed by atoms with Crippen LogP contribution < -0.4 is 10.1 Å². The van der Waals surface area contributed by atoms with Gasteiger partial charge in [0.05, 0.1) is 12.0 Å². The molecule has 2 aromatic carbocycles. The molecule has 1 aromatic heterocycles. The molecule has 0 atom stereocenters. The maximum absolute atomic E-state index is 12.5. The number of nitro groups is 1. The SMILES string of the molecule is COC(=O)c1c(NC(=O)COc2ccccc2[N+](=O)[O-])sc(C)c1-c1cccc(Cl)c1. The van der Waals surface area contributed by atoms with Gasteiger partial charge in [-0.05, 0) is 30.7 Å². The Bertz CT molecular complexity index is 1160. The number of halogens is 1. The first-order valence-electron chi connectivity index (χ1n) is 8.95. The topological polar surface area (TPSA) is 108 Å². The average molecular weight is 461 g/mol. The van der Waals surface area contributed by atoms with E-state index >= 15 is 0 Å². The highest BCUT2D eigenvalue weighted by Gasteiger charge is 2.25. The quantitative estimate of drug-likeness (QED) is 0.299. The van der Waals surface area contributed by atoms with Gasteiger partial charge in [0.2, 0.25) is 0 Å². The number of rotatable bonds is 7. The van der Waals surface area contributed by atoms with Crippen LogP contribution in [0.5, 0.6) is 5.75 Å². The zero-order valence-electron chi connectivity index (χ0n) is 16.5. The second-order valence-electron chi connectivity index (χ2n) is 6.30. The summed E-state index contributed by atoms with van der Waals surface area (Å²) in [6.45, 7) is 1.34. The Kier molecular flexibility index (Phi) is 6.88. The largest absolute Gasteiger partial charge is 0.477 e. The first kappa shape index (κ1) is 22.3. The van der Waals surface area contributed by atoms with Crippen molar-refractivity contribution in [3.63, 3.8) is 0 Å². The van der Waals surface area contributed by atoms with Gasteiger partial charge < -0.3 is 14.8 Å². The molecule has 8 nitrogen and oxygen atoms in total. The molecule has 0 saturated heterocycles.